The fraction of sp³-hybridized carbons (Fsp3) is 0.300. The van der Waals surface area contributed by atoms with Crippen LogP contribution in [0.3, 0.4) is 0 Å². The topological polar surface area (TPSA) is 85.3 Å². The van der Waals surface area contributed by atoms with E-state index in [1.54, 1.807) is 6.20 Å². The second-order valence-electron chi connectivity index (χ2n) is 3.64. The number of hydrogen-bond donors (Lipinski definition) is 2. The highest BCUT2D eigenvalue weighted by atomic mass is 16.1. The maximum Gasteiger partial charge on any atom is 0.217 e. The minimum absolute atomic E-state index is 0.0963. The van der Waals surface area contributed by atoms with Crippen molar-refractivity contribution < 1.29 is 4.79 Å². The molecule has 0 bridgehead atoms. The van der Waals surface area contributed by atoms with Gasteiger partial charge in [0, 0.05) is 13.1 Å². The second kappa shape index (κ2) is 3.80. The number of nitrogens with one attached hydrogen (secondary N) is 1. The summed E-state index contributed by atoms with van der Waals surface area (Å²) < 4.78 is 1.81. The van der Waals surface area contributed by atoms with E-state index in [-0.39, 0.29) is 5.91 Å². The molecular weight excluding hydrogens is 206 g/mol. The maximum atomic E-state index is 10.9. The first-order valence-corrected chi connectivity index (χ1v) is 4.91. The Kier molecular flexibility index (Phi) is 2.47. The lowest BCUT2D eigenvalue weighted by atomic mass is 10.4. The number of hydrogen-bond acceptors (Lipinski definition) is 4. The Morgan fingerprint density at radius 2 is 2.25 bits per heavy atom. The molecular formula is C10H13N5O. The monoisotopic (exact) mass is 219 g/mol. The van der Waals surface area contributed by atoms with E-state index in [0.29, 0.717) is 23.7 Å². The molecule has 0 radical (unpaired) electrons. The quantitative estimate of drug-likeness (QED) is 0.758. The third-order valence-corrected chi connectivity index (χ3v) is 2.15. The number of carbonyl (C=O) groups excluding carboxylic acids is 1. The smallest absolute Gasteiger partial charge is 0.217 e. The maximum absolute atomic E-state index is 10.9. The molecule has 0 aromatic carbocycles. The van der Waals surface area contributed by atoms with Gasteiger partial charge in [0.05, 0.1) is 18.4 Å². The van der Waals surface area contributed by atoms with Crippen LogP contribution in [0.25, 0.3) is 5.65 Å². The summed E-state index contributed by atoms with van der Waals surface area (Å²) in [6, 6.07) is 0. The summed E-state index contributed by atoms with van der Waals surface area (Å²) in [6.45, 7) is 3.71. The minimum Gasteiger partial charge on any atom is -0.382 e. The van der Waals surface area contributed by atoms with Gasteiger partial charge in [-0.3, -0.25) is 9.78 Å². The minimum atomic E-state index is -0.0963. The summed E-state index contributed by atoms with van der Waals surface area (Å²) in [5, 5.41) is 2.69. The molecule has 0 aliphatic heterocycles. The number of aromatic nitrogens is 3. The summed E-state index contributed by atoms with van der Waals surface area (Å²) in [7, 11) is 0. The van der Waals surface area contributed by atoms with Gasteiger partial charge in [-0.1, -0.05) is 0 Å². The Balaban J connectivity index is 2.45. The van der Waals surface area contributed by atoms with E-state index in [1.165, 1.54) is 6.92 Å². The SMILES string of the molecule is CC(=O)NCc1nc(C)cn2cc(N)nc12. The van der Waals surface area contributed by atoms with Crippen LogP contribution in [0.2, 0.25) is 0 Å². The van der Waals surface area contributed by atoms with Gasteiger partial charge in [0.25, 0.3) is 0 Å². The van der Waals surface area contributed by atoms with Crippen LogP contribution in [-0.4, -0.2) is 20.3 Å². The van der Waals surface area contributed by atoms with E-state index < -0.39 is 0 Å². The van der Waals surface area contributed by atoms with Gasteiger partial charge >= 0.3 is 0 Å². The first-order valence-electron chi connectivity index (χ1n) is 4.91. The number of nitrogen functional groups attached to an aromatic ring is 1. The van der Waals surface area contributed by atoms with Gasteiger partial charge in [-0.15, -0.1) is 0 Å². The Hall–Kier alpha value is -2.11. The summed E-state index contributed by atoms with van der Waals surface area (Å²) >= 11 is 0. The van der Waals surface area contributed by atoms with Crippen LogP contribution >= 0.6 is 0 Å². The van der Waals surface area contributed by atoms with Crippen molar-refractivity contribution in [2.24, 2.45) is 0 Å². The van der Waals surface area contributed by atoms with Crippen molar-refractivity contribution >= 4 is 17.4 Å². The number of anilines is 1. The Bertz CT molecular complexity index is 545. The third-order valence-electron chi connectivity index (χ3n) is 2.15. The molecule has 6 heteroatoms. The third kappa shape index (κ3) is 1.95. The average Bonchev–Trinajstić information content (AvgIpc) is 2.54. The molecule has 0 atom stereocenters. The van der Waals surface area contributed by atoms with Crippen molar-refractivity contribution in [3.8, 4) is 0 Å². The lowest BCUT2D eigenvalue weighted by molar-refractivity contribution is -0.119. The van der Waals surface area contributed by atoms with Crippen LogP contribution in [0.5, 0.6) is 0 Å². The molecule has 2 aromatic rings. The van der Waals surface area contributed by atoms with Crippen molar-refractivity contribution in [2.75, 3.05) is 5.73 Å². The van der Waals surface area contributed by atoms with E-state index in [2.05, 4.69) is 15.3 Å². The molecule has 3 N–H and O–H groups in total. The lowest BCUT2D eigenvalue weighted by Crippen LogP contribution is -2.20. The summed E-state index contributed by atoms with van der Waals surface area (Å²) in [5.74, 6) is 0.345. The molecule has 2 rings (SSSR count). The van der Waals surface area contributed by atoms with Gasteiger partial charge < -0.3 is 15.5 Å². The van der Waals surface area contributed by atoms with Crippen LogP contribution in [0, 0.1) is 6.92 Å². The molecule has 0 aliphatic rings. The molecule has 0 saturated heterocycles. The first-order chi connectivity index (χ1) is 7.56. The Morgan fingerprint density at radius 3 is 2.94 bits per heavy atom. The van der Waals surface area contributed by atoms with Crippen molar-refractivity contribution in [1.82, 2.24) is 19.7 Å². The molecule has 6 nitrogen and oxygen atoms in total. The van der Waals surface area contributed by atoms with Gasteiger partial charge in [0.15, 0.2) is 5.65 Å². The molecule has 0 spiro atoms. The normalized spacial score (nSPS) is 10.6. The summed E-state index contributed by atoms with van der Waals surface area (Å²) in [4.78, 5) is 19.3. The van der Waals surface area contributed by atoms with E-state index in [1.807, 2.05) is 17.5 Å². The fourth-order valence-electron chi connectivity index (χ4n) is 1.54. The number of fused-ring (bicyclic) bond motifs is 1. The van der Waals surface area contributed by atoms with Crippen LogP contribution in [0.4, 0.5) is 5.82 Å². The standard InChI is InChI=1S/C10H13N5O/c1-6-4-15-5-9(11)14-10(15)8(13-6)3-12-7(2)16/h4-5H,3,11H2,1-2H3,(H,12,16). The number of nitrogens with zero attached hydrogens (tertiary/aromatic N) is 3. The zero-order chi connectivity index (χ0) is 11.7. The predicted octanol–water partition coefficient (Wildman–Crippen LogP) is 0.256. The zero-order valence-corrected chi connectivity index (χ0v) is 9.19. The highest BCUT2D eigenvalue weighted by Gasteiger charge is 2.07. The molecule has 1 amide bonds. The van der Waals surface area contributed by atoms with Gasteiger partial charge in [-0.05, 0) is 6.92 Å². The van der Waals surface area contributed by atoms with Gasteiger partial charge in [-0.2, -0.15) is 0 Å². The van der Waals surface area contributed by atoms with Gasteiger partial charge in [0.1, 0.15) is 11.5 Å². The summed E-state index contributed by atoms with van der Waals surface area (Å²) in [5.41, 5.74) is 7.86. The van der Waals surface area contributed by atoms with E-state index in [4.69, 9.17) is 5.73 Å². The largest absolute Gasteiger partial charge is 0.382 e. The van der Waals surface area contributed by atoms with E-state index in [9.17, 15) is 4.79 Å². The Labute approximate surface area is 92.5 Å². The van der Waals surface area contributed by atoms with Crippen molar-refractivity contribution in [2.45, 2.75) is 20.4 Å². The highest BCUT2D eigenvalue weighted by molar-refractivity contribution is 5.73. The molecule has 16 heavy (non-hydrogen) atoms. The van der Waals surface area contributed by atoms with E-state index in [0.717, 1.165) is 5.69 Å². The highest BCUT2D eigenvalue weighted by Crippen LogP contribution is 2.11. The average molecular weight is 219 g/mol. The molecule has 0 unspecified atom stereocenters. The fourth-order valence-corrected chi connectivity index (χ4v) is 1.54. The lowest BCUT2D eigenvalue weighted by Gasteiger charge is -2.04. The Morgan fingerprint density at radius 1 is 1.50 bits per heavy atom. The van der Waals surface area contributed by atoms with Crippen LogP contribution < -0.4 is 11.1 Å². The number of aryl methyl sites for hydroxylation is 1. The molecule has 84 valence electrons. The number of carbonyl (C=O) groups is 1. The van der Waals surface area contributed by atoms with Crippen molar-refractivity contribution in [3.63, 3.8) is 0 Å². The molecule has 0 saturated carbocycles. The molecule has 2 aromatic heterocycles. The number of imidazole rings is 1. The predicted molar refractivity (Wildman–Crippen MR) is 59.7 cm³/mol. The van der Waals surface area contributed by atoms with Gasteiger partial charge in [-0.25, -0.2) is 4.98 Å². The first kappa shape index (κ1) is 10.4. The number of amides is 1. The molecule has 0 aliphatic carbocycles. The van der Waals surface area contributed by atoms with Crippen molar-refractivity contribution in [3.05, 3.63) is 23.8 Å². The van der Waals surface area contributed by atoms with Crippen LogP contribution in [0.1, 0.15) is 18.3 Å². The van der Waals surface area contributed by atoms with Crippen molar-refractivity contribution in [1.29, 1.82) is 0 Å². The number of nitrogens with two attached hydrogens (primary N) is 1. The second-order valence-corrected chi connectivity index (χ2v) is 3.64. The molecule has 0 fully saturated rings. The van der Waals surface area contributed by atoms with Gasteiger partial charge in [0.2, 0.25) is 5.91 Å². The number of rotatable bonds is 2. The van der Waals surface area contributed by atoms with Crippen LogP contribution in [0.15, 0.2) is 12.4 Å². The summed E-state index contributed by atoms with van der Waals surface area (Å²) in [6.07, 6.45) is 3.57. The van der Waals surface area contributed by atoms with Crippen LogP contribution in [-0.2, 0) is 11.3 Å². The molecule has 2 heterocycles. The zero-order valence-electron chi connectivity index (χ0n) is 9.19. The van der Waals surface area contributed by atoms with E-state index >= 15 is 0 Å².